The minimum absolute atomic E-state index is 0.104. The van der Waals surface area contributed by atoms with Gasteiger partial charge >= 0.3 is 0 Å². The van der Waals surface area contributed by atoms with Crippen molar-refractivity contribution in [2.75, 3.05) is 19.4 Å². The SMILES string of the molecule is CN(Cc1nc(N)c2ccccc2n1)[C@H](CCO)c1ccccc1. The van der Waals surface area contributed by atoms with Gasteiger partial charge in [-0.3, -0.25) is 4.90 Å². The normalized spacial score (nSPS) is 12.6. The summed E-state index contributed by atoms with van der Waals surface area (Å²) in [5.41, 5.74) is 8.09. The molecule has 0 radical (unpaired) electrons. The summed E-state index contributed by atoms with van der Waals surface area (Å²) in [4.78, 5) is 11.2. The van der Waals surface area contributed by atoms with E-state index in [4.69, 9.17) is 5.73 Å². The molecule has 0 spiro atoms. The maximum Gasteiger partial charge on any atom is 0.145 e. The van der Waals surface area contributed by atoms with Crippen molar-refractivity contribution in [3.8, 4) is 0 Å². The Morgan fingerprint density at radius 1 is 1.04 bits per heavy atom. The van der Waals surface area contributed by atoms with Gasteiger partial charge < -0.3 is 10.8 Å². The molecule has 0 saturated carbocycles. The Kier molecular flexibility index (Phi) is 5.03. The van der Waals surface area contributed by atoms with Gasteiger partial charge in [0.25, 0.3) is 0 Å². The van der Waals surface area contributed by atoms with Crippen LogP contribution < -0.4 is 5.73 Å². The van der Waals surface area contributed by atoms with Crippen molar-refractivity contribution in [2.24, 2.45) is 0 Å². The van der Waals surface area contributed by atoms with Crippen LogP contribution in [0.2, 0.25) is 0 Å². The standard InChI is InChI=1S/C19H22N4O/c1-23(17(11-12-24)14-7-3-2-4-8-14)13-18-21-16-10-6-5-9-15(16)19(20)22-18/h2-10,17,24H,11-13H2,1H3,(H2,20,21,22)/t17-/m1/s1. The topological polar surface area (TPSA) is 75.3 Å². The van der Waals surface area contributed by atoms with Gasteiger partial charge in [-0.25, -0.2) is 9.97 Å². The molecule has 1 heterocycles. The molecule has 2 aromatic carbocycles. The summed E-state index contributed by atoms with van der Waals surface area (Å²) in [6, 6.07) is 18.0. The molecule has 5 heteroatoms. The largest absolute Gasteiger partial charge is 0.396 e. The summed E-state index contributed by atoms with van der Waals surface area (Å²) in [5.74, 6) is 1.19. The first-order valence-corrected chi connectivity index (χ1v) is 8.06. The van der Waals surface area contributed by atoms with Crippen LogP contribution in [0.3, 0.4) is 0 Å². The summed E-state index contributed by atoms with van der Waals surface area (Å²) in [6.07, 6.45) is 0.656. The highest BCUT2D eigenvalue weighted by atomic mass is 16.3. The Morgan fingerprint density at radius 2 is 1.75 bits per heavy atom. The Hall–Kier alpha value is -2.50. The highest BCUT2D eigenvalue weighted by Crippen LogP contribution is 2.25. The van der Waals surface area contributed by atoms with Gasteiger partial charge in [0.1, 0.15) is 11.6 Å². The fourth-order valence-corrected chi connectivity index (χ4v) is 2.99. The van der Waals surface area contributed by atoms with E-state index in [0.717, 1.165) is 10.9 Å². The minimum Gasteiger partial charge on any atom is -0.396 e. The van der Waals surface area contributed by atoms with E-state index in [-0.39, 0.29) is 12.6 Å². The molecule has 24 heavy (non-hydrogen) atoms. The monoisotopic (exact) mass is 322 g/mol. The molecule has 0 fully saturated rings. The van der Waals surface area contributed by atoms with Crippen LogP contribution in [-0.2, 0) is 6.54 Å². The average Bonchev–Trinajstić information content (AvgIpc) is 2.60. The predicted molar refractivity (Wildman–Crippen MR) is 96.3 cm³/mol. The van der Waals surface area contributed by atoms with E-state index in [9.17, 15) is 5.11 Å². The lowest BCUT2D eigenvalue weighted by Gasteiger charge is -2.27. The highest BCUT2D eigenvalue weighted by Gasteiger charge is 2.18. The number of aliphatic hydroxyl groups is 1. The molecular weight excluding hydrogens is 300 g/mol. The number of anilines is 1. The van der Waals surface area contributed by atoms with Crippen molar-refractivity contribution >= 4 is 16.7 Å². The van der Waals surface area contributed by atoms with Gasteiger partial charge in [0, 0.05) is 18.0 Å². The fourth-order valence-electron chi connectivity index (χ4n) is 2.99. The van der Waals surface area contributed by atoms with Crippen LogP contribution in [0, 0.1) is 0 Å². The quantitative estimate of drug-likeness (QED) is 0.730. The van der Waals surface area contributed by atoms with Gasteiger partial charge in [-0.1, -0.05) is 42.5 Å². The number of aliphatic hydroxyl groups excluding tert-OH is 1. The minimum atomic E-state index is 0.104. The zero-order chi connectivity index (χ0) is 16.9. The first kappa shape index (κ1) is 16.4. The van der Waals surface area contributed by atoms with E-state index in [1.54, 1.807) is 0 Å². The molecular formula is C19H22N4O. The van der Waals surface area contributed by atoms with Crippen LogP contribution in [-0.4, -0.2) is 33.6 Å². The van der Waals surface area contributed by atoms with E-state index in [1.165, 1.54) is 5.56 Å². The highest BCUT2D eigenvalue weighted by molar-refractivity contribution is 5.87. The number of fused-ring (bicyclic) bond motifs is 1. The molecule has 3 aromatic rings. The summed E-state index contributed by atoms with van der Waals surface area (Å²) in [7, 11) is 2.02. The first-order valence-electron chi connectivity index (χ1n) is 8.06. The third-order valence-electron chi connectivity index (χ3n) is 4.19. The molecule has 0 amide bonds. The van der Waals surface area contributed by atoms with Crippen LogP contribution in [0.5, 0.6) is 0 Å². The molecule has 0 saturated heterocycles. The van der Waals surface area contributed by atoms with Gasteiger partial charge in [-0.15, -0.1) is 0 Å². The molecule has 0 unspecified atom stereocenters. The van der Waals surface area contributed by atoms with Gasteiger partial charge in [-0.2, -0.15) is 0 Å². The van der Waals surface area contributed by atoms with Crippen molar-refractivity contribution in [2.45, 2.75) is 19.0 Å². The maximum atomic E-state index is 9.42. The molecule has 5 nitrogen and oxygen atoms in total. The smallest absolute Gasteiger partial charge is 0.145 e. The Morgan fingerprint density at radius 3 is 2.50 bits per heavy atom. The van der Waals surface area contributed by atoms with E-state index >= 15 is 0 Å². The van der Waals surface area contributed by atoms with Crippen molar-refractivity contribution in [3.63, 3.8) is 0 Å². The van der Waals surface area contributed by atoms with E-state index in [1.807, 2.05) is 49.5 Å². The van der Waals surface area contributed by atoms with Crippen LogP contribution in [0.1, 0.15) is 23.9 Å². The second-order valence-electron chi connectivity index (χ2n) is 5.90. The second-order valence-corrected chi connectivity index (χ2v) is 5.90. The van der Waals surface area contributed by atoms with Gasteiger partial charge in [-0.05, 0) is 31.2 Å². The Balaban J connectivity index is 1.86. The lowest BCUT2D eigenvalue weighted by Crippen LogP contribution is -2.26. The van der Waals surface area contributed by atoms with E-state index in [2.05, 4.69) is 27.0 Å². The number of nitrogen functional groups attached to an aromatic ring is 1. The number of hydrogen-bond acceptors (Lipinski definition) is 5. The molecule has 124 valence electrons. The average molecular weight is 322 g/mol. The first-order chi connectivity index (χ1) is 11.7. The number of nitrogens with zero attached hydrogens (tertiary/aromatic N) is 3. The Labute approximate surface area is 141 Å². The number of rotatable bonds is 6. The number of benzene rings is 2. The van der Waals surface area contributed by atoms with Crippen molar-refractivity contribution in [1.82, 2.24) is 14.9 Å². The van der Waals surface area contributed by atoms with E-state index in [0.29, 0.717) is 24.6 Å². The van der Waals surface area contributed by atoms with Crippen LogP contribution in [0.15, 0.2) is 54.6 Å². The number of aromatic nitrogens is 2. The van der Waals surface area contributed by atoms with Crippen molar-refractivity contribution < 1.29 is 5.11 Å². The molecule has 3 rings (SSSR count). The summed E-state index contributed by atoms with van der Waals surface area (Å²) in [5, 5.41) is 10.3. The molecule has 1 aromatic heterocycles. The van der Waals surface area contributed by atoms with Gasteiger partial charge in [0.2, 0.25) is 0 Å². The number of nitrogens with two attached hydrogens (primary N) is 1. The molecule has 3 N–H and O–H groups in total. The molecule has 0 aliphatic rings. The molecule has 0 bridgehead atoms. The Bertz CT molecular complexity index is 807. The lowest BCUT2D eigenvalue weighted by atomic mass is 10.0. The van der Waals surface area contributed by atoms with Crippen molar-refractivity contribution in [1.29, 1.82) is 0 Å². The third-order valence-corrected chi connectivity index (χ3v) is 4.19. The molecule has 1 atom stereocenters. The maximum absolute atomic E-state index is 9.42. The van der Waals surface area contributed by atoms with Gasteiger partial charge in [0.15, 0.2) is 0 Å². The van der Waals surface area contributed by atoms with Gasteiger partial charge in [0.05, 0.1) is 12.1 Å². The lowest BCUT2D eigenvalue weighted by molar-refractivity contribution is 0.177. The van der Waals surface area contributed by atoms with Crippen LogP contribution in [0.4, 0.5) is 5.82 Å². The summed E-state index contributed by atoms with van der Waals surface area (Å²) >= 11 is 0. The second kappa shape index (κ2) is 7.38. The summed E-state index contributed by atoms with van der Waals surface area (Å²) in [6.45, 7) is 0.694. The zero-order valence-electron chi connectivity index (χ0n) is 13.8. The summed E-state index contributed by atoms with van der Waals surface area (Å²) < 4.78 is 0. The number of para-hydroxylation sites is 1. The number of hydrogen-bond donors (Lipinski definition) is 2. The predicted octanol–water partition coefficient (Wildman–Crippen LogP) is 2.77. The van der Waals surface area contributed by atoms with Crippen molar-refractivity contribution in [3.05, 3.63) is 66.0 Å². The molecule has 0 aliphatic carbocycles. The van der Waals surface area contributed by atoms with Crippen LogP contribution in [0.25, 0.3) is 10.9 Å². The fraction of sp³-hybridized carbons (Fsp3) is 0.263. The molecule has 0 aliphatic heterocycles. The van der Waals surface area contributed by atoms with E-state index < -0.39 is 0 Å². The zero-order valence-corrected chi connectivity index (χ0v) is 13.8. The third kappa shape index (κ3) is 3.53. The van der Waals surface area contributed by atoms with Crippen LogP contribution >= 0.6 is 0 Å².